The van der Waals surface area contributed by atoms with Gasteiger partial charge in [-0.05, 0) is 62.7 Å². The molecule has 10 heteroatoms. The van der Waals surface area contributed by atoms with Gasteiger partial charge in [0.15, 0.2) is 5.82 Å². The van der Waals surface area contributed by atoms with Crippen LogP contribution in [-0.4, -0.2) is 56.3 Å². The van der Waals surface area contributed by atoms with Crippen molar-refractivity contribution in [3.8, 4) is 18.2 Å². The molecule has 2 fully saturated rings. The minimum atomic E-state index is -1.18. The highest BCUT2D eigenvalue weighted by Crippen LogP contribution is 2.30. The third kappa shape index (κ3) is 5.84. The van der Waals surface area contributed by atoms with E-state index in [1.165, 1.54) is 12.1 Å². The Morgan fingerprint density at radius 1 is 1.10 bits per heavy atom. The van der Waals surface area contributed by atoms with Gasteiger partial charge in [0.05, 0.1) is 30.3 Å². The van der Waals surface area contributed by atoms with Gasteiger partial charge in [-0.15, -0.1) is 6.42 Å². The molecule has 4 aromatic rings. The minimum Gasteiger partial charge on any atom is -0.478 e. The number of imidazole rings is 1. The second-order valence-electron chi connectivity index (χ2n) is 10.7. The first-order chi connectivity index (χ1) is 20.4. The van der Waals surface area contributed by atoms with Gasteiger partial charge in [-0.25, -0.2) is 23.5 Å². The number of aromatic carboxylic acids is 1. The third-order valence-corrected chi connectivity index (χ3v) is 8.02. The lowest BCUT2D eigenvalue weighted by Gasteiger charge is -2.32. The van der Waals surface area contributed by atoms with Crippen LogP contribution in [-0.2, 0) is 24.4 Å². The SMILES string of the molecule is C#Cc1ccc(COc2cccc(C3CCN(Cc4nc5c(F)cc(C(=O)O)cc5n4C[C@@H]4CCO4)CC3)n2)c(F)c1. The van der Waals surface area contributed by atoms with Crippen LogP contribution >= 0.6 is 0 Å². The summed E-state index contributed by atoms with van der Waals surface area (Å²) in [6.45, 7) is 3.32. The molecule has 0 saturated carbocycles. The Morgan fingerprint density at radius 2 is 1.90 bits per heavy atom. The van der Waals surface area contributed by atoms with Gasteiger partial charge >= 0.3 is 5.97 Å². The first-order valence-electron chi connectivity index (χ1n) is 14.0. The number of hydrogen-bond donors (Lipinski definition) is 1. The number of carbonyl (C=O) groups is 1. The van der Waals surface area contributed by atoms with E-state index in [0.717, 1.165) is 44.1 Å². The number of ether oxygens (including phenoxy) is 2. The number of fused-ring (bicyclic) bond motifs is 1. The maximum Gasteiger partial charge on any atom is 0.335 e. The molecule has 0 amide bonds. The summed E-state index contributed by atoms with van der Waals surface area (Å²) in [6, 6.07) is 12.8. The van der Waals surface area contributed by atoms with Gasteiger partial charge < -0.3 is 19.1 Å². The molecule has 2 saturated heterocycles. The Morgan fingerprint density at radius 3 is 2.60 bits per heavy atom. The highest BCUT2D eigenvalue weighted by molar-refractivity contribution is 5.92. The van der Waals surface area contributed by atoms with Crippen LogP contribution in [0.3, 0.4) is 0 Å². The summed E-state index contributed by atoms with van der Waals surface area (Å²) >= 11 is 0. The molecular weight excluding hydrogens is 542 g/mol. The topological polar surface area (TPSA) is 89.7 Å². The number of benzene rings is 2. The van der Waals surface area contributed by atoms with Crippen LogP contribution in [0, 0.1) is 24.0 Å². The summed E-state index contributed by atoms with van der Waals surface area (Å²) in [5.41, 5.74) is 2.36. The van der Waals surface area contributed by atoms with Crippen LogP contribution in [0.15, 0.2) is 48.5 Å². The molecule has 0 radical (unpaired) electrons. The number of carboxylic acids is 1. The molecule has 6 rings (SSSR count). The number of nitrogens with zero attached hydrogens (tertiary/aromatic N) is 4. The summed E-state index contributed by atoms with van der Waals surface area (Å²) in [7, 11) is 0. The largest absolute Gasteiger partial charge is 0.478 e. The van der Waals surface area contributed by atoms with Crippen LogP contribution in [0.25, 0.3) is 11.0 Å². The number of likely N-dealkylation sites (tertiary alicyclic amines) is 1. The summed E-state index contributed by atoms with van der Waals surface area (Å²) in [4.78, 5) is 23.1. The van der Waals surface area contributed by atoms with E-state index in [1.54, 1.807) is 18.2 Å². The number of terminal acetylenes is 1. The van der Waals surface area contributed by atoms with E-state index in [1.807, 2.05) is 16.7 Å². The highest BCUT2D eigenvalue weighted by Gasteiger charge is 2.27. The predicted molar refractivity (Wildman–Crippen MR) is 151 cm³/mol. The van der Waals surface area contributed by atoms with Gasteiger partial charge in [0.25, 0.3) is 0 Å². The second kappa shape index (κ2) is 11.9. The van der Waals surface area contributed by atoms with Crippen molar-refractivity contribution in [1.29, 1.82) is 0 Å². The van der Waals surface area contributed by atoms with Crippen LogP contribution < -0.4 is 4.74 Å². The quantitative estimate of drug-likeness (QED) is 0.278. The zero-order valence-corrected chi connectivity index (χ0v) is 22.9. The lowest BCUT2D eigenvalue weighted by atomic mass is 9.93. The Hall–Kier alpha value is -4.33. The van der Waals surface area contributed by atoms with E-state index in [0.29, 0.717) is 48.0 Å². The number of hydrogen-bond acceptors (Lipinski definition) is 6. The molecule has 42 heavy (non-hydrogen) atoms. The number of carboxylic acid groups (broad SMARTS) is 1. The molecule has 2 aliphatic heterocycles. The molecule has 1 N–H and O–H groups in total. The van der Waals surface area contributed by atoms with Crippen molar-refractivity contribution in [2.24, 2.45) is 0 Å². The lowest BCUT2D eigenvalue weighted by Crippen LogP contribution is -2.35. The smallest absolute Gasteiger partial charge is 0.335 e. The van der Waals surface area contributed by atoms with Gasteiger partial charge in [0.2, 0.25) is 5.88 Å². The van der Waals surface area contributed by atoms with Gasteiger partial charge in [-0.2, -0.15) is 0 Å². The van der Waals surface area contributed by atoms with E-state index >= 15 is 0 Å². The zero-order chi connectivity index (χ0) is 29.2. The van der Waals surface area contributed by atoms with E-state index in [4.69, 9.17) is 20.9 Å². The molecule has 2 aromatic carbocycles. The van der Waals surface area contributed by atoms with Gasteiger partial charge in [0, 0.05) is 35.4 Å². The van der Waals surface area contributed by atoms with Crippen molar-refractivity contribution in [3.63, 3.8) is 0 Å². The average Bonchev–Trinajstić information content (AvgIpc) is 3.31. The first kappa shape index (κ1) is 27.8. The van der Waals surface area contributed by atoms with Gasteiger partial charge in [0.1, 0.15) is 23.8 Å². The van der Waals surface area contributed by atoms with Crippen molar-refractivity contribution < 1.29 is 28.2 Å². The Kier molecular flexibility index (Phi) is 7.87. The standard InChI is InChI=1S/C32H30F2N4O4/c1-2-20-6-7-22(25(33)14-20)19-42-30-5-3-4-27(35-30)21-8-11-37(12-9-21)18-29-36-31-26(34)15-23(32(39)40)16-28(31)38(29)17-24-10-13-41-24/h1,3-7,14-16,21,24H,8-13,17-19H2,(H,39,40)/t24-/m0/s1. The van der Waals surface area contributed by atoms with Crippen molar-refractivity contribution in [3.05, 3.63) is 88.4 Å². The minimum absolute atomic E-state index is 0.00260. The molecule has 4 heterocycles. The molecule has 216 valence electrons. The second-order valence-corrected chi connectivity index (χ2v) is 10.7. The molecule has 0 bridgehead atoms. The number of halogens is 2. The Balaban J connectivity index is 1.12. The number of aromatic nitrogens is 3. The van der Waals surface area contributed by atoms with Gasteiger partial charge in [-0.3, -0.25) is 4.90 Å². The van der Waals surface area contributed by atoms with Crippen molar-refractivity contribution >= 4 is 17.0 Å². The molecule has 2 aromatic heterocycles. The monoisotopic (exact) mass is 572 g/mol. The first-order valence-corrected chi connectivity index (χ1v) is 14.0. The fourth-order valence-electron chi connectivity index (χ4n) is 5.54. The van der Waals surface area contributed by atoms with E-state index < -0.39 is 17.6 Å². The lowest BCUT2D eigenvalue weighted by molar-refractivity contribution is -0.0592. The molecule has 1 atom stereocenters. The molecular formula is C32H30F2N4O4. The van der Waals surface area contributed by atoms with E-state index in [-0.39, 0.29) is 29.7 Å². The maximum atomic E-state index is 14.9. The maximum absolute atomic E-state index is 14.9. The average molecular weight is 573 g/mol. The third-order valence-electron chi connectivity index (χ3n) is 8.02. The number of pyridine rings is 1. The normalized spacial score (nSPS) is 17.6. The summed E-state index contributed by atoms with van der Waals surface area (Å²) in [5, 5.41) is 9.45. The van der Waals surface area contributed by atoms with Crippen molar-refractivity contribution in [2.45, 2.75) is 51.0 Å². The van der Waals surface area contributed by atoms with Crippen molar-refractivity contribution in [2.75, 3.05) is 19.7 Å². The molecule has 8 nitrogen and oxygen atoms in total. The zero-order valence-electron chi connectivity index (χ0n) is 22.9. The van der Waals surface area contributed by atoms with Crippen LogP contribution in [0.1, 0.15) is 58.2 Å². The molecule has 2 aliphatic rings. The van der Waals surface area contributed by atoms with E-state index in [2.05, 4.69) is 15.8 Å². The van der Waals surface area contributed by atoms with Crippen molar-refractivity contribution in [1.82, 2.24) is 19.4 Å². The Bertz CT molecular complexity index is 1670. The summed E-state index contributed by atoms with van der Waals surface area (Å²) in [6.07, 6.45) is 7.96. The highest BCUT2D eigenvalue weighted by atomic mass is 19.1. The Labute approximate surface area is 241 Å². The fraction of sp³-hybridized carbons (Fsp3) is 0.344. The van der Waals surface area contributed by atoms with Gasteiger partial charge in [-0.1, -0.05) is 18.1 Å². The van der Waals surface area contributed by atoms with Crippen LogP contribution in [0.4, 0.5) is 8.78 Å². The molecule has 0 aliphatic carbocycles. The van der Waals surface area contributed by atoms with Crippen LogP contribution in [0.5, 0.6) is 5.88 Å². The molecule has 0 spiro atoms. The molecule has 0 unspecified atom stereocenters. The fourth-order valence-corrected chi connectivity index (χ4v) is 5.54. The number of piperidine rings is 1. The van der Waals surface area contributed by atoms with Crippen LogP contribution in [0.2, 0.25) is 0 Å². The summed E-state index contributed by atoms with van der Waals surface area (Å²) in [5.74, 6) is 1.54. The summed E-state index contributed by atoms with van der Waals surface area (Å²) < 4.78 is 42.5. The predicted octanol–water partition coefficient (Wildman–Crippen LogP) is 5.14. The van der Waals surface area contributed by atoms with E-state index in [9.17, 15) is 18.7 Å². The number of rotatable bonds is 9.